The molecule has 5 heteroatoms. The lowest BCUT2D eigenvalue weighted by atomic mass is 10.1. The van der Waals surface area contributed by atoms with Gasteiger partial charge in [-0.05, 0) is 37.0 Å². The summed E-state index contributed by atoms with van der Waals surface area (Å²) in [4.78, 5) is 10.1. The summed E-state index contributed by atoms with van der Waals surface area (Å²) in [6.45, 7) is 0.686. The van der Waals surface area contributed by atoms with Gasteiger partial charge in [-0.25, -0.2) is 0 Å². The highest BCUT2D eigenvalue weighted by atomic mass is 32.2. The van der Waals surface area contributed by atoms with Gasteiger partial charge in [0.1, 0.15) is 5.75 Å². The van der Waals surface area contributed by atoms with Crippen LogP contribution in [0.3, 0.4) is 0 Å². The second-order valence-electron chi connectivity index (χ2n) is 5.42. The zero-order valence-electron chi connectivity index (χ0n) is 13.5. The highest BCUT2D eigenvalue weighted by Gasteiger charge is 2.03. The number of non-ortho nitro benzene ring substituents is 1. The van der Waals surface area contributed by atoms with Gasteiger partial charge in [-0.15, -0.1) is 0 Å². The number of nitro benzene ring substituents is 1. The largest absolute Gasteiger partial charge is 0.494 e. The number of hydrogen-bond donors (Lipinski definition) is 0. The number of benzene rings is 1. The fourth-order valence-corrected chi connectivity index (χ4v) is 2.76. The molecule has 0 unspecified atom stereocenters. The molecule has 0 saturated carbocycles. The van der Waals surface area contributed by atoms with Crippen molar-refractivity contribution in [2.24, 2.45) is 0 Å². The molecular formula is C17H27NO3S. The Morgan fingerprint density at radius 1 is 0.955 bits per heavy atom. The molecule has 0 spiro atoms. The lowest BCUT2D eigenvalue weighted by molar-refractivity contribution is -0.384. The molecule has 4 nitrogen and oxygen atoms in total. The van der Waals surface area contributed by atoms with Crippen LogP contribution in [0.4, 0.5) is 5.69 Å². The summed E-state index contributed by atoms with van der Waals surface area (Å²) >= 11 is 1.93. The average molecular weight is 325 g/mol. The molecule has 0 aliphatic rings. The number of nitro groups is 1. The van der Waals surface area contributed by atoms with Gasteiger partial charge in [-0.2, -0.15) is 11.8 Å². The minimum Gasteiger partial charge on any atom is -0.494 e. The van der Waals surface area contributed by atoms with Crippen molar-refractivity contribution in [1.82, 2.24) is 0 Å². The van der Waals surface area contributed by atoms with Crippen molar-refractivity contribution in [2.45, 2.75) is 51.4 Å². The second-order valence-corrected chi connectivity index (χ2v) is 6.41. The van der Waals surface area contributed by atoms with Crippen LogP contribution >= 0.6 is 11.8 Å². The Balaban J connectivity index is 1.94. The Bertz CT molecular complexity index is 409. The Morgan fingerprint density at radius 3 is 2.05 bits per heavy atom. The predicted octanol–water partition coefficient (Wildman–Crippen LogP) is 5.46. The molecule has 0 heterocycles. The second kappa shape index (κ2) is 12.3. The first-order chi connectivity index (χ1) is 10.7. The first-order valence-electron chi connectivity index (χ1n) is 8.10. The van der Waals surface area contributed by atoms with Gasteiger partial charge in [0.25, 0.3) is 5.69 Å². The van der Waals surface area contributed by atoms with E-state index in [2.05, 4.69) is 6.26 Å². The number of nitrogens with zero attached hydrogens (tertiary/aromatic N) is 1. The predicted molar refractivity (Wildman–Crippen MR) is 93.9 cm³/mol. The maximum Gasteiger partial charge on any atom is 0.269 e. The third-order valence-electron chi connectivity index (χ3n) is 3.56. The molecule has 1 aromatic carbocycles. The summed E-state index contributed by atoms with van der Waals surface area (Å²) in [6.07, 6.45) is 12.4. The van der Waals surface area contributed by atoms with Crippen molar-refractivity contribution >= 4 is 17.4 Å². The molecule has 0 fully saturated rings. The lowest BCUT2D eigenvalue weighted by Gasteiger charge is -2.06. The van der Waals surface area contributed by atoms with Crippen molar-refractivity contribution in [3.63, 3.8) is 0 Å². The summed E-state index contributed by atoms with van der Waals surface area (Å²) in [5.74, 6) is 2.00. The van der Waals surface area contributed by atoms with E-state index in [1.165, 1.54) is 62.8 Å². The zero-order chi connectivity index (χ0) is 16.0. The molecule has 0 atom stereocenters. The summed E-state index contributed by atoms with van der Waals surface area (Å²) in [6, 6.07) is 6.28. The van der Waals surface area contributed by atoms with E-state index in [1.54, 1.807) is 12.1 Å². The summed E-state index contributed by atoms with van der Waals surface area (Å²) in [7, 11) is 0. The Kier molecular flexibility index (Phi) is 10.5. The standard InChI is InChI=1S/C17H27NO3S/c1-22-15-9-7-5-3-2-4-6-8-14-21-17-12-10-16(11-13-17)18(19)20/h10-13H,2-9,14-15H2,1H3. The molecule has 0 saturated heterocycles. The number of unbranched alkanes of at least 4 members (excludes halogenated alkanes) is 7. The topological polar surface area (TPSA) is 52.4 Å². The minimum atomic E-state index is -0.398. The molecule has 0 radical (unpaired) electrons. The molecule has 1 rings (SSSR count). The Morgan fingerprint density at radius 2 is 1.50 bits per heavy atom. The molecular weight excluding hydrogens is 298 g/mol. The smallest absolute Gasteiger partial charge is 0.269 e. The van der Waals surface area contributed by atoms with Crippen molar-refractivity contribution in [3.8, 4) is 5.75 Å². The SMILES string of the molecule is CSCCCCCCCCCCOc1ccc([N+](=O)[O-])cc1. The maximum atomic E-state index is 10.5. The molecule has 22 heavy (non-hydrogen) atoms. The summed E-state index contributed by atoms with van der Waals surface area (Å²) in [5.41, 5.74) is 0.102. The van der Waals surface area contributed by atoms with Crippen LogP contribution in [0.1, 0.15) is 51.4 Å². The first-order valence-corrected chi connectivity index (χ1v) is 9.49. The molecule has 1 aromatic rings. The highest BCUT2D eigenvalue weighted by Crippen LogP contribution is 2.17. The van der Waals surface area contributed by atoms with Crippen LogP contribution in [0.25, 0.3) is 0 Å². The average Bonchev–Trinajstić information content (AvgIpc) is 2.53. The summed E-state index contributed by atoms with van der Waals surface area (Å²) in [5, 5.41) is 10.5. The van der Waals surface area contributed by atoms with E-state index in [4.69, 9.17) is 4.74 Å². The van der Waals surface area contributed by atoms with Crippen LogP contribution in [-0.4, -0.2) is 23.5 Å². The van der Waals surface area contributed by atoms with Crippen molar-refractivity contribution in [2.75, 3.05) is 18.6 Å². The third kappa shape index (κ3) is 8.93. The molecule has 0 N–H and O–H groups in total. The van der Waals surface area contributed by atoms with E-state index in [-0.39, 0.29) is 5.69 Å². The highest BCUT2D eigenvalue weighted by molar-refractivity contribution is 7.98. The number of thioether (sulfide) groups is 1. The van der Waals surface area contributed by atoms with Crippen LogP contribution in [0.2, 0.25) is 0 Å². The van der Waals surface area contributed by atoms with Gasteiger partial charge in [0, 0.05) is 12.1 Å². The van der Waals surface area contributed by atoms with Gasteiger partial charge >= 0.3 is 0 Å². The van der Waals surface area contributed by atoms with Gasteiger partial charge in [-0.3, -0.25) is 10.1 Å². The Labute approximate surface area is 137 Å². The molecule has 124 valence electrons. The minimum absolute atomic E-state index is 0.102. The van der Waals surface area contributed by atoms with Crippen LogP contribution in [0, 0.1) is 10.1 Å². The number of hydrogen-bond acceptors (Lipinski definition) is 4. The van der Waals surface area contributed by atoms with Crippen LogP contribution in [0.15, 0.2) is 24.3 Å². The number of rotatable bonds is 13. The van der Waals surface area contributed by atoms with Crippen molar-refractivity contribution in [1.29, 1.82) is 0 Å². The van der Waals surface area contributed by atoms with E-state index >= 15 is 0 Å². The quantitative estimate of drug-likeness (QED) is 0.274. The molecule has 0 aliphatic carbocycles. The van der Waals surface area contributed by atoms with Crippen LogP contribution in [-0.2, 0) is 0 Å². The van der Waals surface area contributed by atoms with Crippen molar-refractivity contribution in [3.05, 3.63) is 34.4 Å². The van der Waals surface area contributed by atoms with Gasteiger partial charge in [0.15, 0.2) is 0 Å². The normalized spacial score (nSPS) is 10.6. The van der Waals surface area contributed by atoms with E-state index in [1.807, 2.05) is 11.8 Å². The zero-order valence-corrected chi connectivity index (χ0v) is 14.3. The van der Waals surface area contributed by atoms with Crippen molar-refractivity contribution < 1.29 is 9.66 Å². The van der Waals surface area contributed by atoms with Gasteiger partial charge in [0.05, 0.1) is 11.5 Å². The van der Waals surface area contributed by atoms with E-state index in [0.717, 1.165) is 6.42 Å². The third-order valence-corrected chi connectivity index (χ3v) is 4.26. The molecule has 0 aromatic heterocycles. The van der Waals surface area contributed by atoms with E-state index in [0.29, 0.717) is 12.4 Å². The Hall–Kier alpha value is -1.23. The fourth-order valence-electron chi connectivity index (χ4n) is 2.26. The lowest BCUT2D eigenvalue weighted by Crippen LogP contribution is -1.97. The van der Waals surface area contributed by atoms with Gasteiger partial charge < -0.3 is 4.74 Å². The monoisotopic (exact) mass is 325 g/mol. The number of ether oxygens (including phenoxy) is 1. The van der Waals surface area contributed by atoms with E-state index < -0.39 is 4.92 Å². The first kappa shape index (κ1) is 18.8. The summed E-state index contributed by atoms with van der Waals surface area (Å²) < 4.78 is 5.59. The van der Waals surface area contributed by atoms with Crippen LogP contribution in [0.5, 0.6) is 5.75 Å². The molecule has 0 amide bonds. The van der Waals surface area contributed by atoms with Gasteiger partial charge in [0.2, 0.25) is 0 Å². The fraction of sp³-hybridized carbons (Fsp3) is 0.647. The molecule has 0 aliphatic heterocycles. The maximum absolute atomic E-state index is 10.5. The molecule has 0 bridgehead atoms. The van der Waals surface area contributed by atoms with Crippen LogP contribution < -0.4 is 4.74 Å². The van der Waals surface area contributed by atoms with Gasteiger partial charge in [-0.1, -0.05) is 38.5 Å². The van der Waals surface area contributed by atoms with E-state index in [9.17, 15) is 10.1 Å².